The second-order valence-corrected chi connectivity index (χ2v) is 7.22. The Balaban J connectivity index is 1.63. The number of carbonyl (C=O) groups is 1. The zero-order valence-electron chi connectivity index (χ0n) is 14.3. The fourth-order valence-corrected chi connectivity index (χ4v) is 3.98. The van der Waals surface area contributed by atoms with E-state index in [1.54, 1.807) is 18.6 Å². The van der Waals surface area contributed by atoms with Crippen molar-refractivity contribution < 1.29 is 9.72 Å². The zero-order valence-corrected chi connectivity index (χ0v) is 15.2. The molecule has 1 aliphatic heterocycles. The molecule has 2 aromatic rings. The van der Waals surface area contributed by atoms with Crippen LogP contribution in [0.15, 0.2) is 11.6 Å². The summed E-state index contributed by atoms with van der Waals surface area (Å²) in [5.41, 5.74) is 0. The van der Waals surface area contributed by atoms with Gasteiger partial charge in [-0.2, -0.15) is 9.38 Å². The molecule has 1 N–H and O–H groups in total. The summed E-state index contributed by atoms with van der Waals surface area (Å²) in [5.74, 6) is 0.912. The number of carbonyl (C=O) groups excluding carboxylic acids is 1. The van der Waals surface area contributed by atoms with Gasteiger partial charge in [0, 0.05) is 26.0 Å². The lowest BCUT2D eigenvalue weighted by atomic mass is 9.96. The Hall–Kier alpha value is -2.20. The minimum absolute atomic E-state index is 0.0239. The second kappa shape index (κ2) is 7.36. The van der Waals surface area contributed by atoms with E-state index in [-0.39, 0.29) is 16.6 Å². The summed E-state index contributed by atoms with van der Waals surface area (Å²) in [4.78, 5) is 31.6. The molecule has 0 saturated carbocycles. The van der Waals surface area contributed by atoms with Gasteiger partial charge in [-0.3, -0.25) is 9.69 Å². The first-order valence-electron chi connectivity index (χ1n) is 8.23. The maximum atomic E-state index is 11.5. The Morgan fingerprint density at radius 1 is 1.52 bits per heavy atom. The van der Waals surface area contributed by atoms with Gasteiger partial charge in [0.05, 0.1) is 6.54 Å². The summed E-state index contributed by atoms with van der Waals surface area (Å²) in [6, 6.07) is 0. The molecule has 1 fully saturated rings. The van der Waals surface area contributed by atoms with Gasteiger partial charge in [0.25, 0.3) is 4.96 Å². The molecular formula is C15H22N6O3S. The number of fused-ring (bicyclic) bond motifs is 1. The summed E-state index contributed by atoms with van der Waals surface area (Å²) < 4.78 is 1.53. The number of hydrogen-bond acceptors (Lipinski definition) is 7. The summed E-state index contributed by atoms with van der Waals surface area (Å²) >= 11 is 1.39. The van der Waals surface area contributed by atoms with Gasteiger partial charge in [0.2, 0.25) is 11.7 Å². The van der Waals surface area contributed by atoms with E-state index in [9.17, 15) is 14.9 Å². The van der Waals surface area contributed by atoms with Gasteiger partial charge in [-0.05, 0) is 36.8 Å². The number of nitrogens with one attached hydrogen (secondary N) is 1. The van der Waals surface area contributed by atoms with Crippen LogP contribution in [-0.2, 0) is 4.79 Å². The molecule has 0 unspecified atom stereocenters. The average Bonchev–Trinajstić information content (AvgIpc) is 3.16. The molecule has 1 amide bonds. The summed E-state index contributed by atoms with van der Waals surface area (Å²) in [6.07, 6.45) is 3.62. The number of rotatable bonds is 6. The molecule has 1 aliphatic rings. The SMILES string of the molecule is CNC(=O)CN1CCC(CN(C)c2nc3sccn3c2[N+](=O)[O-])CC1. The van der Waals surface area contributed by atoms with E-state index in [0.717, 1.165) is 32.5 Å². The highest BCUT2D eigenvalue weighted by molar-refractivity contribution is 7.15. The largest absolute Gasteiger partial charge is 0.373 e. The van der Waals surface area contributed by atoms with E-state index in [2.05, 4.69) is 15.2 Å². The first kappa shape index (κ1) is 17.6. The number of likely N-dealkylation sites (tertiary alicyclic amines) is 1. The molecule has 0 aromatic carbocycles. The van der Waals surface area contributed by atoms with Crippen LogP contribution in [0.4, 0.5) is 11.6 Å². The minimum atomic E-state index is -0.371. The summed E-state index contributed by atoms with van der Waals surface area (Å²) in [7, 11) is 3.50. The fourth-order valence-electron chi connectivity index (χ4n) is 3.27. The van der Waals surface area contributed by atoms with Crippen molar-refractivity contribution in [1.82, 2.24) is 19.6 Å². The predicted octanol–water partition coefficient (Wildman–Crippen LogP) is 1.20. The molecule has 25 heavy (non-hydrogen) atoms. The topological polar surface area (TPSA) is 96.0 Å². The molecule has 10 heteroatoms. The summed E-state index contributed by atoms with van der Waals surface area (Å²) in [5, 5.41) is 15.9. The van der Waals surface area contributed by atoms with Crippen molar-refractivity contribution in [3.63, 3.8) is 0 Å². The predicted molar refractivity (Wildman–Crippen MR) is 96.2 cm³/mol. The Morgan fingerprint density at radius 2 is 2.24 bits per heavy atom. The quantitative estimate of drug-likeness (QED) is 0.610. The third-order valence-corrected chi connectivity index (χ3v) is 5.40. The van der Waals surface area contributed by atoms with Gasteiger partial charge in [0.1, 0.15) is 6.20 Å². The monoisotopic (exact) mass is 366 g/mol. The number of nitrogens with zero attached hydrogens (tertiary/aromatic N) is 5. The van der Waals surface area contributed by atoms with Crippen LogP contribution in [0.5, 0.6) is 0 Å². The lowest BCUT2D eigenvalue weighted by Gasteiger charge is -2.33. The van der Waals surface area contributed by atoms with Gasteiger partial charge in [-0.25, -0.2) is 0 Å². The molecule has 0 atom stereocenters. The number of likely N-dealkylation sites (N-methyl/N-ethyl adjacent to an activating group) is 1. The minimum Gasteiger partial charge on any atom is -0.358 e. The van der Waals surface area contributed by atoms with Gasteiger partial charge in [-0.15, -0.1) is 0 Å². The Labute approximate surface area is 149 Å². The lowest BCUT2D eigenvalue weighted by Crippen LogP contribution is -2.42. The van der Waals surface area contributed by atoms with Crippen molar-refractivity contribution in [1.29, 1.82) is 0 Å². The van der Waals surface area contributed by atoms with Crippen LogP contribution in [0.3, 0.4) is 0 Å². The zero-order chi connectivity index (χ0) is 18.0. The standard InChI is InChI=1S/C15H22N6O3S/c1-16-12(22)10-19-5-3-11(4-6-19)9-18(2)13-14(21(23)24)20-7-8-25-15(20)17-13/h7-8,11H,3-6,9-10H2,1-2H3,(H,16,22). The Morgan fingerprint density at radius 3 is 2.88 bits per heavy atom. The number of thiazole rings is 1. The third-order valence-electron chi connectivity index (χ3n) is 4.64. The third kappa shape index (κ3) is 3.74. The molecule has 0 bridgehead atoms. The molecular weight excluding hydrogens is 344 g/mol. The Kier molecular flexibility index (Phi) is 5.19. The number of piperidine rings is 1. The van der Waals surface area contributed by atoms with Gasteiger partial charge >= 0.3 is 5.82 Å². The van der Waals surface area contributed by atoms with Crippen LogP contribution in [-0.4, -0.2) is 65.4 Å². The highest BCUT2D eigenvalue weighted by Crippen LogP contribution is 2.31. The molecule has 136 valence electrons. The molecule has 0 spiro atoms. The maximum Gasteiger partial charge on any atom is 0.373 e. The lowest BCUT2D eigenvalue weighted by molar-refractivity contribution is -0.389. The average molecular weight is 366 g/mol. The van der Waals surface area contributed by atoms with Gasteiger partial charge in [0.15, 0.2) is 0 Å². The van der Waals surface area contributed by atoms with Gasteiger partial charge in [-0.1, -0.05) is 11.3 Å². The molecule has 9 nitrogen and oxygen atoms in total. The first-order chi connectivity index (χ1) is 12.0. The van der Waals surface area contributed by atoms with Crippen LogP contribution in [0.2, 0.25) is 0 Å². The fraction of sp³-hybridized carbons (Fsp3) is 0.600. The van der Waals surface area contributed by atoms with E-state index in [1.165, 1.54) is 15.7 Å². The number of hydrogen-bond donors (Lipinski definition) is 1. The smallest absolute Gasteiger partial charge is 0.358 e. The molecule has 0 aliphatic carbocycles. The molecule has 2 aromatic heterocycles. The molecule has 0 radical (unpaired) electrons. The summed E-state index contributed by atoms with van der Waals surface area (Å²) in [6.45, 7) is 2.89. The van der Waals surface area contributed by atoms with E-state index >= 15 is 0 Å². The van der Waals surface area contributed by atoms with Crippen molar-refractivity contribution in [2.45, 2.75) is 12.8 Å². The highest BCUT2D eigenvalue weighted by Gasteiger charge is 2.28. The number of nitro groups is 1. The van der Waals surface area contributed by atoms with Crippen molar-refractivity contribution in [2.75, 3.05) is 45.2 Å². The maximum absolute atomic E-state index is 11.5. The van der Waals surface area contributed by atoms with Crippen LogP contribution in [0, 0.1) is 16.0 Å². The van der Waals surface area contributed by atoms with Crippen molar-refractivity contribution in [3.05, 3.63) is 21.7 Å². The van der Waals surface area contributed by atoms with Crippen molar-refractivity contribution in [3.8, 4) is 0 Å². The van der Waals surface area contributed by atoms with Crippen LogP contribution < -0.4 is 10.2 Å². The van der Waals surface area contributed by atoms with Crippen LogP contribution in [0.1, 0.15) is 12.8 Å². The molecule has 1 saturated heterocycles. The normalized spacial score (nSPS) is 16.2. The van der Waals surface area contributed by atoms with Crippen molar-refractivity contribution >= 4 is 33.8 Å². The van der Waals surface area contributed by atoms with Crippen LogP contribution >= 0.6 is 11.3 Å². The van der Waals surface area contributed by atoms with Crippen LogP contribution in [0.25, 0.3) is 4.96 Å². The number of amides is 1. The highest BCUT2D eigenvalue weighted by atomic mass is 32.1. The first-order valence-corrected chi connectivity index (χ1v) is 9.11. The van der Waals surface area contributed by atoms with Crippen molar-refractivity contribution in [2.24, 2.45) is 5.92 Å². The number of imidazole rings is 1. The van der Waals surface area contributed by atoms with E-state index in [1.807, 2.05) is 11.9 Å². The molecule has 3 heterocycles. The van der Waals surface area contributed by atoms with E-state index in [4.69, 9.17) is 0 Å². The number of anilines is 1. The van der Waals surface area contributed by atoms with E-state index in [0.29, 0.717) is 23.2 Å². The Bertz CT molecular complexity index is 764. The van der Waals surface area contributed by atoms with Gasteiger partial charge < -0.3 is 20.3 Å². The second-order valence-electron chi connectivity index (χ2n) is 6.34. The van der Waals surface area contributed by atoms with E-state index < -0.39 is 0 Å². The molecule has 3 rings (SSSR count). The number of aromatic nitrogens is 2.